The van der Waals surface area contributed by atoms with Gasteiger partial charge in [0, 0.05) is 30.5 Å². The molecule has 0 aliphatic carbocycles. The fourth-order valence-corrected chi connectivity index (χ4v) is 3.92. The quantitative estimate of drug-likeness (QED) is 0.807. The standard InChI is InChI=1S/C20H24N2O3S/c1-2-25-17-7-5-15(6-8-17)18-4-3-12-22(18)19(23)9-11-21-20(24)16-10-13-26-14-16/h5-8,10,13-14,18H,2-4,9,11-12H2,1H3,(H,21,24). The summed E-state index contributed by atoms with van der Waals surface area (Å²) in [4.78, 5) is 26.5. The van der Waals surface area contributed by atoms with Crippen molar-refractivity contribution < 1.29 is 14.3 Å². The van der Waals surface area contributed by atoms with Crippen molar-refractivity contribution in [1.82, 2.24) is 10.2 Å². The van der Waals surface area contributed by atoms with Crippen LogP contribution in [-0.4, -0.2) is 36.4 Å². The van der Waals surface area contributed by atoms with E-state index in [1.807, 2.05) is 41.5 Å². The number of likely N-dealkylation sites (tertiary alicyclic amines) is 1. The third kappa shape index (κ3) is 4.43. The average Bonchev–Trinajstić information content (AvgIpc) is 3.34. The highest BCUT2D eigenvalue weighted by Crippen LogP contribution is 2.33. The van der Waals surface area contributed by atoms with Gasteiger partial charge >= 0.3 is 0 Å². The zero-order chi connectivity index (χ0) is 18.4. The number of nitrogens with zero attached hydrogens (tertiary/aromatic N) is 1. The van der Waals surface area contributed by atoms with Crippen LogP contribution < -0.4 is 10.1 Å². The Morgan fingerprint density at radius 1 is 1.27 bits per heavy atom. The lowest BCUT2D eigenvalue weighted by Crippen LogP contribution is -2.34. The van der Waals surface area contributed by atoms with Gasteiger partial charge in [0.2, 0.25) is 5.91 Å². The average molecular weight is 372 g/mol. The second-order valence-corrected chi connectivity index (χ2v) is 7.05. The third-order valence-corrected chi connectivity index (χ3v) is 5.24. The Morgan fingerprint density at radius 2 is 2.08 bits per heavy atom. The SMILES string of the molecule is CCOc1ccc(C2CCCN2C(=O)CCNC(=O)c2ccsc2)cc1. The maximum atomic E-state index is 12.6. The normalized spacial score (nSPS) is 16.5. The van der Waals surface area contributed by atoms with E-state index in [0.717, 1.165) is 30.7 Å². The van der Waals surface area contributed by atoms with Crippen LogP contribution in [0.5, 0.6) is 5.75 Å². The highest BCUT2D eigenvalue weighted by molar-refractivity contribution is 7.08. The molecular formula is C20H24N2O3S. The van der Waals surface area contributed by atoms with Crippen LogP contribution in [0.4, 0.5) is 0 Å². The number of thiophene rings is 1. The Balaban J connectivity index is 1.53. The van der Waals surface area contributed by atoms with Crippen molar-refractivity contribution in [1.29, 1.82) is 0 Å². The zero-order valence-electron chi connectivity index (χ0n) is 14.9. The maximum absolute atomic E-state index is 12.6. The Hall–Kier alpha value is -2.34. The Morgan fingerprint density at radius 3 is 2.77 bits per heavy atom. The van der Waals surface area contributed by atoms with Crippen molar-refractivity contribution in [2.45, 2.75) is 32.2 Å². The first-order valence-electron chi connectivity index (χ1n) is 9.01. The van der Waals surface area contributed by atoms with E-state index >= 15 is 0 Å². The molecule has 3 rings (SSSR count). The summed E-state index contributed by atoms with van der Waals surface area (Å²) >= 11 is 1.49. The first-order chi connectivity index (χ1) is 12.7. The third-order valence-electron chi connectivity index (χ3n) is 4.56. The van der Waals surface area contributed by atoms with Gasteiger partial charge in [0.05, 0.1) is 12.6 Å². The van der Waals surface area contributed by atoms with E-state index in [0.29, 0.717) is 25.1 Å². The summed E-state index contributed by atoms with van der Waals surface area (Å²) in [6.07, 6.45) is 2.30. The monoisotopic (exact) mass is 372 g/mol. The van der Waals surface area contributed by atoms with Gasteiger partial charge in [0.25, 0.3) is 5.91 Å². The summed E-state index contributed by atoms with van der Waals surface area (Å²) in [6, 6.07) is 9.90. The van der Waals surface area contributed by atoms with Crippen LogP contribution in [-0.2, 0) is 4.79 Å². The molecule has 2 aromatic rings. The first-order valence-corrected chi connectivity index (χ1v) is 9.96. The van der Waals surface area contributed by atoms with Gasteiger partial charge < -0.3 is 15.0 Å². The summed E-state index contributed by atoms with van der Waals surface area (Å²) < 4.78 is 5.48. The minimum absolute atomic E-state index is 0.0898. The van der Waals surface area contributed by atoms with Crippen LogP contribution in [0.2, 0.25) is 0 Å². The van der Waals surface area contributed by atoms with Crippen LogP contribution >= 0.6 is 11.3 Å². The summed E-state index contributed by atoms with van der Waals surface area (Å²) in [5.74, 6) is 0.818. The van der Waals surface area contributed by atoms with Crippen LogP contribution in [0.25, 0.3) is 0 Å². The molecule has 1 unspecified atom stereocenters. The number of ether oxygens (including phenoxy) is 1. The molecule has 1 aromatic heterocycles. The number of hydrogen-bond acceptors (Lipinski definition) is 4. The van der Waals surface area contributed by atoms with Gasteiger partial charge in [-0.1, -0.05) is 12.1 Å². The Kier molecular flexibility index (Phi) is 6.28. The fraction of sp³-hybridized carbons (Fsp3) is 0.400. The zero-order valence-corrected chi connectivity index (χ0v) is 15.8. The molecule has 0 saturated carbocycles. The van der Waals surface area contributed by atoms with Gasteiger partial charge in [-0.15, -0.1) is 0 Å². The number of amides is 2. The van der Waals surface area contributed by atoms with E-state index in [1.54, 1.807) is 11.4 Å². The largest absolute Gasteiger partial charge is 0.494 e. The van der Waals surface area contributed by atoms with Gasteiger partial charge in [0.1, 0.15) is 5.75 Å². The molecule has 1 fully saturated rings. The lowest BCUT2D eigenvalue weighted by Gasteiger charge is -2.25. The summed E-state index contributed by atoms with van der Waals surface area (Å²) in [5.41, 5.74) is 1.79. The van der Waals surface area contributed by atoms with Crippen molar-refractivity contribution in [3.05, 3.63) is 52.2 Å². The Labute approximate surface area is 158 Å². The van der Waals surface area contributed by atoms with Crippen molar-refractivity contribution >= 4 is 23.2 Å². The smallest absolute Gasteiger partial charge is 0.252 e. The van der Waals surface area contributed by atoms with E-state index < -0.39 is 0 Å². The van der Waals surface area contributed by atoms with E-state index in [1.165, 1.54) is 11.3 Å². The number of benzene rings is 1. The lowest BCUT2D eigenvalue weighted by molar-refractivity contribution is -0.132. The van der Waals surface area contributed by atoms with E-state index in [4.69, 9.17) is 4.74 Å². The lowest BCUT2D eigenvalue weighted by atomic mass is 10.0. The predicted molar refractivity (Wildman–Crippen MR) is 103 cm³/mol. The highest BCUT2D eigenvalue weighted by Gasteiger charge is 2.29. The van der Waals surface area contributed by atoms with Crippen molar-refractivity contribution in [2.24, 2.45) is 0 Å². The van der Waals surface area contributed by atoms with Crippen LogP contribution in [0, 0.1) is 0 Å². The second kappa shape index (κ2) is 8.85. The van der Waals surface area contributed by atoms with Gasteiger partial charge in [-0.25, -0.2) is 0 Å². The van der Waals surface area contributed by atoms with Crippen molar-refractivity contribution in [3.8, 4) is 5.75 Å². The van der Waals surface area contributed by atoms with Gasteiger partial charge in [-0.05, 0) is 48.9 Å². The van der Waals surface area contributed by atoms with Gasteiger partial charge in [0.15, 0.2) is 0 Å². The van der Waals surface area contributed by atoms with E-state index in [-0.39, 0.29) is 17.9 Å². The number of nitrogens with one attached hydrogen (secondary N) is 1. The molecule has 1 N–H and O–H groups in total. The molecule has 138 valence electrons. The molecule has 0 radical (unpaired) electrons. The molecule has 1 atom stereocenters. The molecule has 2 heterocycles. The molecule has 26 heavy (non-hydrogen) atoms. The summed E-state index contributed by atoms with van der Waals surface area (Å²) in [7, 11) is 0. The molecule has 6 heteroatoms. The summed E-state index contributed by atoms with van der Waals surface area (Å²) in [5, 5.41) is 6.49. The minimum atomic E-state index is -0.122. The predicted octanol–water partition coefficient (Wildman–Crippen LogP) is 3.63. The maximum Gasteiger partial charge on any atom is 0.252 e. The molecule has 1 aliphatic heterocycles. The molecule has 1 saturated heterocycles. The molecular weight excluding hydrogens is 348 g/mol. The molecule has 0 bridgehead atoms. The fourth-order valence-electron chi connectivity index (χ4n) is 3.29. The summed E-state index contributed by atoms with van der Waals surface area (Å²) in [6.45, 7) is 3.74. The molecule has 1 aromatic carbocycles. The van der Waals surface area contributed by atoms with Crippen molar-refractivity contribution in [3.63, 3.8) is 0 Å². The highest BCUT2D eigenvalue weighted by atomic mass is 32.1. The Bertz CT molecular complexity index is 728. The van der Waals surface area contributed by atoms with Crippen molar-refractivity contribution in [2.75, 3.05) is 19.7 Å². The number of hydrogen-bond donors (Lipinski definition) is 1. The van der Waals surface area contributed by atoms with E-state index in [2.05, 4.69) is 5.32 Å². The molecule has 0 spiro atoms. The first kappa shape index (κ1) is 18.5. The van der Waals surface area contributed by atoms with Crippen LogP contribution in [0.3, 0.4) is 0 Å². The van der Waals surface area contributed by atoms with Crippen LogP contribution in [0.15, 0.2) is 41.1 Å². The molecule has 2 amide bonds. The second-order valence-electron chi connectivity index (χ2n) is 6.27. The van der Waals surface area contributed by atoms with Gasteiger partial charge in [-0.3, -0.25) is 9.59 Å². The van der Waals surface area contributed by atoms with Gasteiger partial charge in [-0.2, -0.15) is 11.3 Å². The number of rotatable bonds is 7. The molecule has 1 aliphatic rings. The van der Waals surface area contributed by atoms with E-state index in [9.17, 15) is 9.59 Å². The topological polar surface area (TPSA) is 58.6 Å². The number of carbonyl (C=O) groups is 2. The number of carbonyl (C=O) groups excluding carboxylic acids is 2. The minimum Gasteiger partial charge on any atom is -0.494 e. The molecule has 5 nitrogen and oxygen atoms in total. The van der Waals surface area contributed by atoms with Crippen LogP contribution in [0.1, 0.15) is 48.1 Å².